The zero-order valence-electron chi connectivity index (χ0n) is 15.8. The molecule has 2 aromatic rings. The maximum Gasteiger partial charge on any atom is 0.320 e. The van der Waals surface area contributed by atoms with Crippen LogP contribution in [0.1, 0.15) is 5.56 Å². The van der Waals surface area contributed by atoms with Gasteiger partial charge < -0.3 is 19.9 Å². The van der Waals surface area contributed by atoms with Gasteiger partial charge in [0.1, 0.15) is 23.7 Å². The smallest absolute Gasteiger partial charge is 0.320 e. The summed E-state index contributed by atoms with van der Waals surface area (Å²) >= 11 is 0. The predicted molar refractivity (Wildman–Crippen MR) is 105 cm³/mol. The number of methoxy groups -OCH3 is 1. The molecular weight excluding hydrogens is 344 g/mol. The number of anilines is 2. The van der Waals surface area contributed by atoms with Gasteiger partial charge in [-0.05, 0) is 31.2 Å². The monoisotopic (exact) mass is 370 g/mol. The Morgan fingerprint density at radius 1 is 1.15 bits per heavy atom. The summed E-state index contributed by atoms with van der Waals surface area (Å²) in [7, 11) is 3.75. The molecule has 0 unspecified atom stereocenters. The van der Waals surface area contributed by atoms with E-state index in [0.717, 1.165) is 49.7 Å². The summed E-state index contributed by atoms with van der Waals surface area (Å²) in [6.07, 6.45) is 2.23. The number of carbonyl (C=O) groups excluding carboxylic acids is 1. The van der Waals surface area contributed by atoms with Crippen molar-refractivity contribution in [2.24, 2.45) is 0 Å². The number of likely N-dealkylation sites (N-methyl/N-ethyl adjacent to an activating group) is 1. The topological polar surface area (TPSA) is 82.6 Å². The van der Waals surface area contributed by atoms with Gasteiger partial charge in [0.25, 0.3) is 0 Å². The largest absolute Gasteiger partial charge is 0.497 e. The minimum atomic E-state index is -0.272. The highest BCUT2D eigenvalue weighted by Crippen LogP contribution is 2.16. The van der Waals surface area contributed by atoms with E-state index in [1.165, 1.54) is 6.33 Å². The minimum absolute atomic E-state index is 0.272. The molecule has 2 heterocycles. The van der Waals surface area contributed by atoms with Gasteiger partial charge >= 0.3 is 6.03 Å². The van der Waals surface area contributed by atoms with Gasteiger partial charge in [-0.15, -0.1) is 0 Å². The zero-order valence-corrected chi connectivity index (χ0v) is 15.8. The number of hydrogen-bond donors (Lipinski definition) is 2. The first-order valence-electron chi connectivity index (χ1n) is 9.07. The van der Waals surface area contributed by atoms with Gasteiger partial charge in [0.05, 0.1) is 7.11 Å². The number of aromatic nitrogens is 2. The molecule has 3 rings (SSSR count). The Bertz CT molecular complexity index is 744. The molecule has 0 aliphatic carbocycles. The van der Waals surface area contributed by atoms with Crippen LogP contribution >= 0.6 is 0 Å². The third kappa shape index (κ3) is 5.55. The molecule has 8 nitrogen and oxygen atoms in total. The van der Waals surface area contributed by atoms with E-state index in [2.05, 4.69) is 37.4 Å². The number of nitrogens with one attached hydrogen (secondary N) is 2. The molecule has 8 heteroatoms. The van der Waals surface area contributed by atoms with E-state index in [1.54, 1.807) is 7.11 Å². The number of rotatable bonds is 6. The Morgan fingerprint density at radius 3 is 2.59 bits per heavy atom. The van der Waals surface area contributed by atoms with Gasteiger partial charge in [-0.3, -0.25) is 5.32 Å². The molecular formula is C19H26N6O2. The van der Waals surface area contributed by atoms with Crippen LogP contribution in [-0.2, 0) is 6.42 Å². The molecule has 1 aliphatic rings. The van der Waals surface area contributed by atoms with Gasteiger partial charge in [0, 0.05) is 38.8 Å². The maximum atomic E-state index is 12.1. The summed E-state index contributed by atoms with van der Waals surface area (Å²) in [5.74, 6) is 2.16. The van der Waals surface area contributed by atoms with E-state index < -0.39 is 0 Å². The highest BCUT2D eigenvalue weighted by Gasteiger charge is 2.16. The fourth-order valence-electron chi connectivity index (χ4n) is 2.90. The predicted octanol–water partition coefficient (Wildman–Crippen LogP) is 1.60. The van der Waals surface area contributed by atoms with Crippen LogP contribution in [0.3, 0.4) is 0 Å². The lowest BCUT2D eigenvalue weighted by molar-refractivity contribution is 0.252. The number of piperazine rings is 1. The Labute approximate surface area is 159 Å². The van der Waals surface area contributed by atoms with Gasteiger partial charge in [-0.2, -0.15) is 0 Å². The Balaban J connectivity index is 1.46. The summed E-state index contributed by atoms with van der Waals surface area (Å²) < 4.78 is 5.14. The SMILES string of the molecule is COc1ccc(CCNC(=O)Nc2cc(N3CCN(C)CC3)ncn2)cc1. The van der Waals surface area contributed by atoms with Crippen molar-refractivity contribution in [2.75, 3.05) is 57.1 Å². The Morgan fingerprint density at radius 2 is 1.89 bits per heavy atom. The molecule has 0 bridgehead atoms. The third-order valence-electron chi connectivity index (χ3n) is 4.58. The van der Waals surface area contributed by atoms with Crippen molar-refractivity contribution in [3.05, 3.63) is 42.2 Å². The van der Waals surface area contributed by atoms with Crippen molar-refractivity contribution in [1.82, 2.24) is 20.2 Å². The van der Waals surface area contributed by atoms with Crippen LogP contribution < -0.4 is 20.3 Å². The van der Waals surface area contributed by atoms with Gasteiger partial charge in [0.15, 0.2) is 0 Å². The molecule has 0 radical (unpaired) electrons. The van der Waals surface area contributed by atoms with Crippen molar-refractivity contribution in [3.8, 4) is 5.75 Å². The van der Waals surface area contributed by atoms with E-state index >= 15 is 0 Å². The number of ether oxygens (including phenoxy) is 1. The summed E-state index contributed by atoms with van der Waals surface area (Å²) in [6.45, 7) is 4.37. The average molecular weight is 370 g/mol. The average Bonchev–Trinajstić information content (AvgIpc) is 2.69. The maximum absolute atomic E-state index is 12.1. The molecule has 1 aromatic heterocycles. The van der Waals surface area contributed by atoms with Gasteiger partial charge in [0.2, 0.25) is 0 Å². The molecule has 0 saturated carbocycles. The molecule has 144 valence electrons. The first-order valence-corrected chi connectivity index (χ1v) is 9.07. The van der Waals surface area contributed by atoms with Gasteiger partial charge in [-0.25, -0.2) is 14.8 Å². The molecule has 27 heavy (non-hydrogen) atoms. The second kappa shape index (κ2) is 9.18. The van der Waals surface area contributed by atoms with E-state index in [0.29, 0.717) is 12.4 Å². The Kier molecular flexibility index (Phi) is 6.43. The fourth-order valence-corrected chi connectivity index (χ4v) is 2.90. The molecule has 1 fully saturated rings. The van der Waals surface area contributed by atoms with Crippen LogP contribution in [0, 0.1) is 0 Å². The number of urea groups is 1. The summed E-state index contributed by atoms with van der Waals surface area (Å²) in [6, 6.07) is 9.35. The number of benzene rings is 1. The van der Waals surface area contributed by atoms with Crippen LogP contribution in [0.4, 0.5) is 16.4 Å². The molecule has 2 N–H and O–H groups in total. The first-order chi connectivity index (χ1) is 13.1. The van der Waals surface area contributed by atoms with Gasteiger partial charge in [-0.1, -0.05) is 12.1 Å². The lowest BCUT2D eigenvalue weighted by Crippen LogP contribution is -2.44. The van der Waals surface area contributed by atoms with Crippen molar-refractivity contribution in [1.29, 1.82) is 0 Å². The van der Waals surface area contributed by atoms with Crippen LogP contribution in [0.25, 0.3) is 0 Å². The highest BCUT2D eigenvalue weighted by atomic mass is 16.5. The normalized spacial score (nSPS) is 14.7. The molecule has 2 amide bonds. The van der Waals surface area contributed by atoms with Crippen molar-refractivity contribution in [2.45, 2.75) is 6.42 Å². The number of hydrogen-bond acceptors (Lipinski definition) is 6. The second-order valence-electron chi connectivity index (χ2n) is 6.53. The summed E-state index contributed by atoms with van der Waals surface area (Å²) in [5.41, 5.74) is 1.13. The quantitative estimate of drug-likeness (QED) is 0.804. The molecule has 1 aromatic carbocycles. The van der Waals surface area contributed by atoms with E-state index in [9.17, 15) is 4.79 Å². The fraction of sp³-hybridized carbons (Fsp3) is 0.421. The third-order valence-corrected chi connectivity index (χ3v) is 4.58. The zero-order chi connectivity index (χ0) is 19.1. The lowest BCUT2D eigenvalue weighted by atomic mass is 10.1. The Hall–Kier alpha value is -2.87. The number of amides is 2. The van der Waals surface area contributed by atoms with Crippen LogP contribution in [0.15, 0.2) is 36.7 Å². The summed E-state index contributed by atoms with van der Waals surface area (Å²) in [4.78, 5) is 25.1. The van der Waals surface area contributed by atoms with Crippen LogP contribution in [0.5, 0.6) is 5.75 Å². The minimum Gasteiger partial charge on any atom is -0.497 e. The van der Waals surface area contributed by atoms with E-state index in [-0.39, 0.29) is 6.03 Å². The van der Waals surface area contributed by atoms with Crippen LogP contribution in [-0.4, -0.2) is 67.8 Å². The number of carbonyl (C=O) groups is 1. The highest BCUT2D eigenvalue weighted by molar-refractivity contribution is 5.88. The summed E-state index contributed by atoms with van der Waals surface area (Å²) in [5, 5.41) is 5.63. The van der Waals surface area contributed by atoms with Crippen molar-refractivity contribution in [3.63, 3.8) is 0 Å². The standard InChI is InChI=1S/C19H26N6O2/c1-24-9-11-25(12-10-24)18-13-17(21-14-22-18)23-19(26)20-8-7-15-3-5-16(27-2)6-4-15/h3-6,13-14H,7-12H2,1-2H3,(H2,20,21,22,23,26). The molecule has 1 saturated heterocycles. The molecule has 0 spiro atoms. The number of nitrogens with zero attached hydrogens (tertiary/aromatic N) is 4. The molecule has 1 aliphatic heterocycles. The van der Waals surface area contributed by atoms with Crippen molar-refractivity contribution >= 4 is 17.7 Å². The van der Waals surface area contributed by atoms with E-state index in [1.807, 2.05) is 30.3 Å². The molecule has 0 atom stereocenters. The lowest BCUT2D eigenvalue weighted by Gasteiger charge is -2.33. The van der Waals surface area contributed by atoms with E-state index in [4.69, 9.17) is 4.74 Å². The van der Waals surface area contributed by atoms with Crippen LogP contribution in [0.2, 0.25) is 0 Å². The first kappa shape index (κ1) is 18.9. The second-order valence-corrected chi connectivity index (χ2v) is 6.53. The van der Waals surface area contributed by atoms with Crippen molar-refractivity contribution < 1.29 is 9.53 Å².